The molecule has 0 aromatic carbocycles. The summed E-state index contributed by atoms with van der Waals surface area (Å²) in [5.74, 6) is 0. The Bertz CT molecular complexity index is 171. The zero-order valence-electron chi connectivity index (χ0n) is 11.8. The average molecular weight is 265 g/mol. The minimum absolute atomic E-state index is 0.491. The van der Waals surface area contributed by atoms with Gasteiger partial charge >= 0.3 is 0 Å². The van der Waals surface area contributed by atoms with Crippen molar-refractivity contribution in [2.75, 3.05) is 24.6 Å². The molecule has 0 aromatic heterocycles. The maximum absolute atomic E-state index is 8.25. The first-order chi connectivity index (χ1) is 7.97. The average Bonchev–Trinajstić information content (AvgIpc) is 2.30. The lowest BCUT2D eigenvalue weighted by molar-refractivity contribution is -0.402. The van der Waals surface area contributed by atoms with Crippen molar-refractivity contribution < 1.29 is 5.09 Å². The standard InChI is InChI=1S/C12H28P.NO3/c1-5-9-11-13(7-3,8-4)12-10-6-2;2-1(3)4/h5-12H2,1-4H3;/q+1;-1. The van der Waals surface area contributed by atoms with E-state index in [1.807, 2.05) is 0 Å². The second-order valence-corrected chi connectivity index (χ2v) is 9.19. The minimum Gasteiger partial charge on any atom is -0.356 e. The van der Waals surface area contributed by atoms with Crippen LogP contribution in [0.3, 0.4) is 0 Å². The highest BCUT2D eigenvalue weighted by molar-refractivity contribution is 7.75. The molecule has 0 N–H and O–H groups in total. The smallest absolute Gasteiger partial charge is 0.0689 e. The summed E-state index contributed by atoms with van der Waals surface area (Å²) in [6.07, 6.45) is 11.8. The molecule has 0 heterocycles. The fraction of sp³-hybridized carbons (Fsp3) is 1.00. The summed E-state index contributed by atoms with van der Waals surface area (Å²) in [5, 5.41) is 14.8. The van der Waals surface area contributed by atoms with Gasteiger partial charge in [-0.2, -0.15) is 0 Å². The van der Waals surface area contributed by atoms with E-state index in [0.717, 1.165) is 0 Å². The van der Waals surface area contributed by atoms with E-state index in [1.54, 1.807) is 12.3 Å². The third kappa shape index (κ3) is 11.9. The molecule has 0 saturated carbocycles. The van der Waals surface area contributed by atoms with Crippen LogP contribution in [0, 0.1) is 15.3 Å². The SMILES string of the molecule is CCCC[P+](CC)(CC)CCCC.O=[N+]([O-])[O-]. The second kappa shape index (κ2) is 12.1. The van der Waals surface area contributed by atoms with Gasteiger partial charge in [0, 0.05) is 7.26 Å². The monoisotopic (exact) mass is 265 g/mol. The van der Waals surface area contributed by atoms with E-state index in [9.17, 15) is 0 Å². The summed E-state index contributed by atoms with van der Waals surface area (Å²) < 4.78 is 0. The molecule has 0 aliphatic heterocycles. The highest BCUT2D eigenvalue weighted by Gasteiger charge is 2.31. The number of hydrogen-bond acceptors (Lipinski definition) is 3. The Labute approximate surface area is 106 Å². The quantitative estimate of drug-likeness (QED) is 0.371. The van der Waals surface area contributed by atoms with Crippen molar-refractivity contribution in [3.63, 3.8) is 0 Å². The molecule has 104 valence electrons. The fourth-order valence-corrected chi connectivity index (χ4v) is 5.86. The molecule has 0 bridgehead atoms. The van der Waals surface area contributed by atoms with Crippen molar-refractivity contribution in [1.29, 1.82) is 0 Å². The van der Waals surface area contributed by atoms with Crippen LogP contribution in [0.25, 0.3) is 0 Å². The summed E-state index contributed by atoms with van der Waals surface area (Å²) in [4.78, 5) is 8.25. The van der Waals surface area contributed by atoms with Crippen molar-refractivity contribution in [3.8, 4) is 0 Å². The first-order valence-electron chi connectivity index (χ1n) is 6.64. The number of unbranched alkanes of at least 4 members (excludes halogenated alkanes) is 2. The molecule has 0 aliphatic rings. The summed E-state index contributed by atoms with van der Waals surface area (Å²) in [6, 6.07) is 0. The molecule has 0 aromatic rings. The molecular formula is C12H28NO3P. The molecule has 0 unspecified atom stereocenters. The van der Waals surface area contributed by atoms with Gasteiger partial charge < -0.3 is 15.3 Å². The zero-order valence-corrected chi connectivity index (χ0v) is 12.7. The largest absolute Gasteiger partial charge is 0.356 e. The van der Waals surface area contributed by atoms with Crippen LogP contribution >= 0.6 is 7.26 Å². The second-order valence-electron chi connectivity index (χ2n) is 4.35. The molecule has 0 saturated heterocycles. The maximum atomic E-state index is 8.25. The van der Waals surface area contributed by atoms with Gasteiger partial charge in [0.05, 0.1) is 29.7 Å². The normalized spacial score (nSPS) is 10.6. The van der Waals surface area contributed by atoms with Crippen LogP contribution in [-0.2, 0) is 0 Å². The van der Waals surface area contributed by atoms with E-state index in [1.165, 1.54) is 38.0 Å². The topological polar surface area (TPSA) is 66.2 Å². The van der Waals surface area contributed by atoms with Gasteiger partial charge in [0.15, 0.2) is 0 Å². The molecule has 17 heavy (non-hydrogen) atoms. The first kappa shape index (κ1) is 19.0. The van der Waals surface area contributed by atoms with Gasteiger partial charge in [-0.1, -0.05) is 26.7 Å². The Hall–Kier alpha value is -0.370. The maximum Gasteiger partial charge on any atom is 0.0689 e. The molecule has 0 fully saturated rings. The third-order valence-electron chi connectivity index (χ3n) is 3.31. The van der Waals surface area contributed by atoms with Crippen LogP contribution in [0.15, 0.2) is 0 Å². The highest BCUT2D eigenvalue weighted by atomic mass is 31.2. The van der Waals surface area contributed by atoms with E-state index in [2.05, 4.69) is 27.7 Å². The molecule has 5 heteroatoms. The van der Waals surface area contributed by atoms with Crippen molar-refractivity contribution >= 4 is 7.26 Å². The molecular weight excluding hydrogens is 237 g/mol. The first-order valence-corrected chi connectivity index (χ1v) is 9.17. The fourth-order valence-electron chi connectivity index (χ4n) is 1.95. The van der Waals surface area contributed by atoms with E-state index in [4.69, 9.17) is 15.3 Å². The summed E-state index contributed by atoms with van der Waals surface area (Å²) >= 11 is 0. The number of hydrogen-bond donors (Lipinski definition) is 0. The van der Waals surface area contributed by atoms with Gasteiger partial charge in [-0.15, -0.1) is 0 Å². The zero-order chi connectivity index (χ0) is 13.7. The summed E-state index contributed by atoms with van der Waals surface area (Å²) in [5.41, 5.74) is 0. The molecule has 0 amide bonds. The Morgan fingerprint density at radius 2 is 1.18 bits per heavy atom. The Kier molecular flexibility index (Phi) is 13.5. The Morgan fingerprint density at radius 3 is 1.35 bits per heavy atom. The van der Waals surface area contributed by atoms with Crippen LogP contribution in [0.2, 0.25) is 0 Å². The Balaban J connectivity index is 0. The highest BCUT2D eigenvalue weighted by Crippen LogP contribution is 2.59. The molecule has 0 spiro atoms. The van der Waals surface area contributed by atoms with Crippen molar-refractivity contribution in [1.82, 2.24) is 0 Å². The van der Waals surface area contributed by atoms with Gasteiger partial charge in [0.1, 0.15) is 0 Å². The van der Waals surface area contributed by atoms with E-state index in [-0.39, 0.29) is 0 Å². The predicted molar refractivity (Wildman–Crippen MR) is 77.9 cm³/mol. The van der Waals surface area contributed by atoms with Crippen LogP contribution in [-0.4, -0.2) is 29.7 Å². The van der Waals surface area contributed by atoms with Gasteiger partial charge in [0.2, 0.25) is 0 Å². The van der Waals surface area contributed by atoms with Gasteiger partial charge in [-0.05, 0) is 26.7 Å². The van der Waals surface area contributed by atoms with Crippen LogP contribution in [0.1, 0.15) is 53.4 Å². The lowest BCUT2D eigenvalue weighted by Crippen LogP contribution is -2.09. The van der Waals surface area contributed by atoms with Gasteiger partial charge in [0.25, 0.3) is 0 Å². The minimum atomic E-state index is -1.75. The van der Waals surface area contributed by atoms with Crippen molar-refractivity contribution in [2.45, 2.75) is 53.4 Å². The van der Waals surface area contributed by atoms with E-state index < -0.39 is 12.3 Å². The van der Waals surface area contributed by atoms with Crippen LogP contribution in [0.4, 0.5) is 0 Å². The summed E-state index contributed by atoms with van der Waals surface area (Å²) in [6.45, 7) is 9.48. The lowest BCUT2D eigenvalue weighted by Gasteiger charge is -2.24. The lowest BCUT2D eigenvalue weighted by atomic mass is 10.4. The van der Waals surface area contributed by atoms with E-state index in [0.29, 0.717) is 0 Å². The molecule has 0 aliphatic carbocycles. The molecule has 0 radical (unpaired) electrons. The molecule has 0 atom stereocenters. The van der Waals surface area contributed by atoms with Gasteiger partial charge in [-0.3, -0.25) is 0 Å². The van der Waals surface area contributed by atoms with Crippen molar-refractivity contribution in [3.05, 3.63) is 15.3 Å². The molecule has 0 rings (SSSR count). The molecule has 4 nitrogen and oxygen atoms in total. The predicted octanol–water partition coefficient (Wildman–Crippen LogP) is 4.40. The summed E-state index contributed by atoms with van der Waals surface area (Å²) in [7, 11) is -0.491. The van der Waals surface area contributed by atoms with Gasteiger partial charge in [-0.25, -0.2) is 0 Å². The van der Waals surface area contributed by atoms with Crippen LogP contribution < -0.4 is 0 Å². The Morgan fingerprint density at radius 1 is 0.882 bits per heavy atom. The third-order valence-corrected chi connectivity index (χ3v) is 8.53. The number of nitrogens with zero attached hydrogens (tertiary/aromatic N) is 1. The van der Waals surface area contributed by atoms with E-state index >= 15 is 0 Å². The van der Waals surface area contributed by atoms with Crippen molar-refractivity contribution in [2.24, 2.45) is 0 Å². The number of rotatable bonds is 8. The van der Waals surface area contributed by atoms with Crippen LogP contribution in [0.5, 0.6) is 0 Å².